The maximum absolute atomic E-state index is 12.4. The maximum Gasteiger partial charge on any atom is 0.251 e. The van der Waals surface area contributed by atoms with Crippen molar-refractivity contribution in [2.75, 3.05) is 6.54 Å². The molecule has 0 saturated heterocycles. The Bertz CT molecular complexity index is 819. The van der Waals surface area contributed by atoms with E-state index in [1.54, 1.807) is 12.5 Å². The van der Waals surface area contributed by atoms with Crippen molar-refractivity contribution in [2.45, 2.75) is 18.3 Å². The van der Waals surface area contributed by atoms with Crippen molar-refractivity contribution in [3.63, 3.8) is 0 Å². The lowest BCUT2D eigenvalue weighted by molar-refractivity contribution is 0.0949. The molecule has 1 fully saturated rings. The second kappa shape index (κ2) is 5.96. The molecule has 1 aromatic heterocycles. The molecule has 3 aromatic rings. The standard InChI is InChI=1S/C20H19N3O/c24-19(16-6-8-18(9-7-16)23-13-12-21-15-23)22-14-20(10-11-20)17-4-2-1-3-5-17/h1-9,12-13,15H,10-11,14H2,(H,22,24). The van der Waals surface area contributed by atoms with Crippen LogP contribution in [-0.4, -0.2) is 22.0 Å². The van der Waals surface area contributed by atoms with Gasteiger partial charge in [0.15, 0.2) is 0 Å². The minimum Gasteiger partial charge on any atom is -0.351 e. The predicted molar refractivity (Wildman–Crippen MR) is 93.3 cm³/mol. The number of imidazole rings is 1. The molecule has 2 aromatic carbocycles. The molecular formula is C20H19N3O. The first kappa shape index (κ1) is 14.7. The summed E-state index contributed by atoms with van der Waals surface area (Å²) in [7, 11) is 0. The minimum absolute atomic E-state index is 0.0191. The second-order valence-corrected chi connectivity index (χ2v) is 6.35. The van der Waals surface area contributed by atoms with Crippen molar-refractivity contribution in [1.82, 2.24) is 14.9 Å². The predicted octanol–water partition coefficient (Wildman–Crippen LogP) is 3.33. The smallest absolute Gasteiger partial charge is 0.251 e. The van der Waals surface area contributed by atoms with E-state index >= 15 is 0 Å². The Morgan fingerprint density at radius 2 is 1.83 bits per heavy atom. The van der Waals surface area contributed by atoms with Crippen molar-refractivity contribution in [3.05, 3.63) is 84.4 Å². The highest BCUT2D eigenvalue weighted by atomic mass is 16.1. The first-order chi connectivity index (χ1) is 11.8. The summed E-state index contributed by atoms with van der Waals surface area (Å²) in [6.45, 7) is 0.694. The van der Waals surface area contributed by atoms with Gasteiger partial charge in [-0.1, -0.05) is 30.3 Å². The van der Waals surface area contributed by atoms with Gasteiger partial charge in [-0.2, -0.15) is 0 Å². The number of nitrogens with one attached hydrogen (secondary N) is 1. The van der Waals surface area contributed by atoms with Crippen LogP contribution >= 0.6 is 0 Å². The van der Waals surface area contributed by atoms with Crippen LogP contribution in [0.5, 0.6) is 0 Å². The average molecular weight is 317 g/mol. The van der Waals surface area contributed by atoms with Gasteiger partial charge < -0.3 is 9.88 Å². The van der Waals surface area contributed by atoms with Crippen LogP contribution in [0.15, 0.2) is 73.3 Å². The zero-order valence-electron chi connectivity index (χ0n) is 13.4. The molecule has 1 aliphatic carbocycles. The summed E-state index contributed by atoms with van der Waals surface area (Å²) >= 11 is 0. The first-order valence-electron chi connectivity index (χ1n) is 8.19. The Kier molecular flexibility index (Phi) is 3.65. The van der Waals surface area contributed by atoms with Crippen LogP contribution in [0.2, 0.25) is 0 Å². The molecule has 0 aliphatic heterocycles. The summed E-state index contributed by atoms with van der Waals surface area (Å²) in [4.78, 5) is 16.4. The molecule has 4 nitrogen and oxygen atoms in total. The highest BCUT2D eigenvalue weighted by molar-refractivity contribution is 5.94. The molecule has 4 rings (SSSR count). The molecule has 1 aliphatic rings. The van der Waals surface area contributed by atoms with E-state index in [0.29, 0.717) is 12.1 Å². The SMILES string of the molecule is O=C(NCC1(c2ccccc2)CC1)c1ccc(-n2ccnc2)cc1. The maximum atomic E-state index is 12.4. The number of amides is 1. The molecule has 0 spiro atoms. The Morgan fingerprint density at radius 1 is 1.08 bits per heavy atom. The molecule has 24 heavy (non-hydrogen) atoms. The number of benzene rings is 2. The molecule has 0 bridgehead atoms. The number of carbonyl (C=O) groups excluding carboxylic acids is 1. The Hall–Kier alpha value is -2.88. The third kappa shape index (κ3) is 2.83. The van der Waals surface area contributed by atoms with E-state index < -0.39 is 0 Å². The average Bonchev–Trinajstić information content (AvgIpc) is 3.24. The Balaban J connectivity index is 1.42. The first-order valence-corrected chi connectivity index (χ1v) is 8.19. The quantitative estimate of drug-likeness (QED) is 0.784. The van der Waals surface area contributed by atoms with Gasteiger partial charge in [0.25, 0.3) is 5.91 Å². The molecule has 120 valence electrons. The summed E-state index contributed by atoms with van der Waals surface area (Å²) in [6.07, 6.45) is 7.63. The Morgan fingerprint density at radius 3 is 2.46 bits per heavy atom. The highest BCUT2D eigenvalue weighted by Gasteiger charge is 2.44. The van der Waals surface area contributed by atoms with E-state index in [1.165, 1.54) is 5.56 Å². The lowest BCUT2D eigenvalue weighted by atomic mass is 9.96. The molecule has 4 heteroatoms. The van der Waals surface area contributed by atoms with Crippen LogP contribution < -0.4 is 5.32 Å². The van der Waals surface area contributed by atoms with Gasteiger partial charge in [0, 0.05) is 35.6 Å². The van der Waals surface area contributed by atoms with Gasteiger partial charge >= 0.3 is 0 Å². The van der Waals surface area contributed by atoms with E-state index in [0.717, 1.165) is 18.5 Å². The van der Waals surface area contributed by atoms with Crippen LogP contribution in [0, 0.1) is 0 Å². The molecular weight excluding hydrogens is 298 g/mol. The number of carbonyl (C=O) groups is 1. The number of hydrogen-bond acceptors (Lipinski definition) is 2. The van der Waals surface area contributed by atoms with Crippen molar-refractivity contribution < 1.29 is 4.79 Å². The highest BCUT2D eigenvalue weighted by Crippen LogP contribution is 2.47. The van der Waals surface area contributed by atoms with E-state index in [9.17, 15) is 4.79 Å². The lowest BCUT2D eigenvalue weighted by Gasteiger charge is -2.16. The van der Waals surface area contributed by atoms with Crippen LogP contribution in [-0.2, 0) is 5.41 Å². The van der Waals surface area contributed by atoms with Gasteiger partial charge in [-0.25, -0.2) is 4.98 Å². The molecule has 0 unspecified atom stereocenters. The van der Waals surface area contributed by atoms with Crippen molar-refractivity contribution in [1.29, 1.82) is 0 Å². The van der Waals surface area contributed by atoms with Crippen molar-refractivity contribution in [3.8, 4) is 5.69 Å². The second-order valence-electron chi connectivity index (χ2n) is 6.35. The van der Waals surface area contributed by atoms with Gasteiger partial charge in [-0.3, -0.25) is 4.79 Å². The monoisotopic (exact) mass is 317 g/mol. The van der Waals surface area contributed by atoms with Gasteiger partial charge in [-0.15, -0.1) is 0 Å². The number of rotatable bonds is 5. The summed E-state index contributed by atoms with van der Waals surface area (Å²) in [5.41, 5.74) is 3.13. The summed E-state index contributed by atoms with van der Waals surface area (Å²) in [5, 5.41) is 3.10. The fourth-order valence-electron chi connectivity index (χ4n) is 3.06. The number of aromatic nitrogens is 2. The third-order valence-electron chi connectivity index (χ3n) is 4.76. The van der Waals surface area contributed by atoms with Gasteiger partial charge in [0.05, 0.1) is 6.33 Å². The number of hydrogen-bond donors (Lipinski definition) is 1. The summed E-state index contributed by atoms with van der Waals surface area (Å²) in [6, 6.07) is 18.0. The Labute approximate surface area is 141 Å². The van der Waals surface area contributed by atoms with Crippen LogP contribution in [0.1, 0.15) is 28.8 Å². The van der Waals surface area contributed by atoms with Gasteiger partial charge in [-0.05, 0) is 42.7 Å². The molecule has 1 N–H and O–H groups in total. The van der Waals surface area contributed by atoms with E-state index in [-0.39, 0.29) is 11.3 Å². The van der Waals surface area contributed by atoms with Crippen LogP contribution in [0.4, 0.5) is 0 Å². The topological polar surface area (TPSA) is 46.9 Å². The molecule has 1 heterocycles. The summed E-state index contributed by atoms with van der Waals surface area (Å²) in [5.74, 6) is -0.0191. The van der Waals surface area contributed by atoms with E-state index in [1.807, 2.05) is 41.1 Å². The van der Waals surface area contributed by atoms with E-state index in [4.69, 9.17) is 0 Å². The van der Waals surface area contributed by atoms with E-state index in [2.05, 4.69) is 34.6 Å². The zero-order valence-corrected chi connectivity index (χ0v) is 13.4. The summed E-state index contributed by atoms with van der Waals surface area (Å²) < 4.78 is 1.91. The zero-order chi connectivity index (χ0) is 16.4. The molecule has 1 amide bonds. The largest absolute Gasteiger partial charge is 0.351 e. The van der Waals surface area contributed by atoms with Crippen LogP contribution in [0.3, 0.4) is 0 Å². The molecule has 0 atom stereocenters. The minimum atomic E-state index is -0.0191. The normalized spacial score (nSPS) is 15.0. The fourth-order valence-corrected chi connectivity index (χ4v) is 3.06. The third-order valence-corrected chi connectivity index (χ3v) is 4.76. The van der Waals surface area contributed by atoms with Crippen LogP contribution in [0.25, 0.3) is 5.69 Å². The van der Waals surface area contributed by atoms with Crippen molar-refractivity contribution in [2.24, 2.45) is 0 Å². The lowest BCUT2D eigenvalue weighted by Crippen LogP contribution is -2.32. The fraction of sp³-hybridized carbons (Fsp3) is 0.200. The molecule has 0 radical (unpaired) electrons. The van der Waals surface area contributed by atoms with Gasteiger partial charge in [0.1, 0.15) is 0 Å². The van der Waals surface area contributed by atoms with Gasteiger partial charge in [0.2, 0.25) is 0 Å². The molecule has 1 saturated carbocycles. The van der Waals surface area contributed by atoms with Crippen molar-refractivity contribution >= 4 is 5.91 Å². The number of nitrogens with zero attached hydrogens (tertiary/aromatic N) is 2.